The van der Waals surface area contributed by atoms with E-state index in [0.717, 1.165) is 11.1 Å². The minimum Gasteiger partial charge on any atom is -0.493 e. The quantitative estimate of drug-likeness (QED) is 0.622. The lowest BCUT2D eigenvalue weighted by atomic mass is 10.1. The number of hydrogen-bond acceptors (Lipinski definition) is 7. The van der Waals surface area contributed by atoms with Crippen LogP contribution in [0.4, 0.5) is 0 Å². The second kappa shape index (κ2) is 10.4. The lowest BCUT2D eigenvalue weighted by Gasteiger charge is -2.33. The van der Waals surface area contributed by atoms with Crippen LogP contribution < -0.4 is 29.6 Å². The smallest absolute Gasteiger partial charge is 0.231 e. The fourth-order valence-electron chi connectivity index (χ4n) is 4.01. The van der Waals surface area contributed by atoms with E-state index in [9.17, 15) is 9.59 Å². The standard InChI is InChI=1S/C24H29N3O6/c1-30-19-5-4-17(10-21(19)31-2)13-26-23(28)12-18-14-27(8-7-25-18)24(29)11-16-3-6-20-22(9-16)33-15-32-20/h3-6,9-10,18,25H,7-8,11-15H2,1-2H3,(H,26,28). The van der Waals surface area contributed by atoms with Gasteiger partial charge in [0.15, 0.2) is 23.0 Å². The average Bonchev–Trinajstić information content (AvgIpc) is 3.30. The molecule has 0 saturated carbocycles. The van der Waals surface area contributed by atoms with Gasteiger partial charge in [0.2, 0.25) is 18.6 Å². The summed E-state index contributed by atoms with van der Waals surface area (Å²) >= 11 is 0. The summed E-state index contributed by atoms with van der Waals surface area (Å²) in [6.07, 6.45) is 0.579. The molecule has 0 spiro atoms. The molecule has 1 fully saturated rings. The first-order valence-electron chi connectivity index (χ1n) is 10.9. The molecule has 1 unspecified atom stereocenters. The number of fused-ring (bicyclic) bond motifs is 1. The Kier molecular flexibility index (Phi) is 7.19. The maximum atomic E-state index is 12.8. The summed E-state index contributed by atoms with van der Waals surface area (Å²) in [5.41, 5.74) is 1.80. The molecule has 9 heteroatoms. The molecule has 33 heavy (non-hydrogen) atoms. The molecule has 176 valence electrons. The van der Waals surface area contributed by atoms with Crippen molar-refractivity contribution in [3.8, 4) is 23.0 Å². The number of hydrogen-bond donors (Lipinski definition) is 2. The van der Waals surface area contributed by atoms with Crippen LogP contribution in [0, 0.1) is 0 Å². The van der Waals surface area contributed by atoms with Crippen LogP contribution in [-0.4, -0.2) is 63.4 Å². The van der Waals surface area contributed by atoms with Gasteiger partial charge < -0.3 is 34.5 Å². The molecule has 9 nitrogen and oxygen atoms in total. The van der Waals surface area contributed by atoms with Gasteiger partial charge in [0.05, 0.1) is 20.6 Å². The van der Waals surface area contributed by atoms with E-state index in [2.05, 4.69) is 10.6 Å². The molecule has 2 aromatic carbocycles. The molecular formula is C24H29N3O6. The summed E-state index contributed by atoms with van der Waals surface area (Å²) in [7, 11) is 3.16. The molecule has 0 aromatic heterocycles. The highest BCUT2D eigenvalue weighted by atomic mass is 16.7. The molecule has 1 saturated heterocycles. The van der Waals surface area contributed by atoms with Crippen LogP contribution in [-0.2, 0) is 22.6 Å². The maximum absolute atomic E-state index is 12.8. The second-order valence-electron chi connectivity index (χ2n) is 8.03. The minimum absolute atomic E-state index is 0.0334. The predicted octanol–water partition coefficient (Wildman–Crippen LogP) is 1.48. The molecule has 2 heterocycles. The van der Waals surface area contributed by atoms with Crippen molar-refractivity contribution in [3.63, 3.8) is 0 Å². The van der Waals surface area contributed by atoms with Gasteiger partial charge in [-0.1, -0.05) is 12.1 Å². The molecule has 2 N–H and O–H groups in total. The van der Waals surface area contributed by atoms with Crippen LogP contribution in [0.25, 0.3) is 0 Å². The summed E-state index contributed by atoms with van der Waals surface area (Å²) in [6, 6.07) is 11.0. The Morgan fingerprint density at radius 2 is 1.85 bits per heavy atom. The molecule has 2 aliphatic heterocycles. The van der Waals surface area contributed by atoms with E-state index < -0.39 is 0 Å². The van der Waals surface area contributed by atoms with Crippen LogP contribution >= 0.6 is 0 Å². The highest BCUT2D eigenvalue weighted by Gasteiger charge is 2.25. The number of nitrogens with zero attached hydrogens (tertiary/aromatic N) is 1. The Hall–Kier alpha value is -3.46. The molecule has 0 bridgehead atoms. The number of rotatable bonds is 8. The van der Waals surface area contributed by atoms with Gasteiger partial charge in [-0.3, -0.25) is 9.59 Å². The van der Waals surface area contributed by atoms with Crippen molar-refractivity contribution in [2.45, 2.75) is 25.4 Å². The zero-order chi connectivity index (χ0) is 23.2. The van der Waals surface area contributed by atoms with Crippen molar-refractivity contribution in [1.82, 2.24) is 15.5 Å². The Bertz CT molecular complexity index is 1010. The first kappa shape index (κ1) is 22.7. The number of benzene rings is 2. The molecule has 2 amide bonds. The summed E-state index contributed by atoms with van der Waals surface area (Å²) < 4.78 is 21.3. The van der Waals surface area contributed by atoms with Crippen LogP contribution in [0.1, 0.15) is 17.5 Å². The van der Waals surface area contributed by atoms with Crippen LogP contribution in [0.5, 0.6) is 23.0 Å². The molecule has 1 atom stereocenters. The fraction of sp³-hybridized carbons (Fsp3) is 0.417. The number of carbonyl (C=O) groups is 2. The Morgan fingerprint density at radius 3 is 2.67 bits per heavy atom. The SMILES string of the molecule is COc1ccc(CNC(=O)CC2CN(C(=O)Cc3ccc4c(c3)OCO4)CCN2)cc1OC. The number of methoxy groups -OCH3 is 2. The van der Waals surface area contributed by atoms with Crippen molar-refractivity contribution in [2.75, 3.05) is 40.6 Å². The van der Waals surface area contributed by atoms with Crippen molar-refractivity contribution < 1.29 is 28.5 Å². The van der Waals surface area contributed by atoms with E-state index in [0.29, 0.717) is 55.6 Å². The van der Waals surface area contributed by atoms with Crippen LogP contribution in [0.2, 0.25) is 0 Å². The lowest BCUT2D eigenvalue weighted by Crippen LogP contribution is -2.54. The Morgan fingerprint density at radius 1 is 1.06 bits per heavy atom. The topological polar surface area (TPSA) is 98.4 Å². The van der Waals surface area contributed by atoms with Gasteiger partial charge in [-0.2, -0.15) is 0 Å². The second-order valence-corrected chi connectivity index (χ2v) is 8.03. The van der Waals surface area contributed by atoms with Crippen molar-refractivity contribution in [2.24, 2.45) is 0 Å². The van der Waals surface area contributed by atoms with E-state index in [1.807, 2.05) is 41.3 Å². The number of ether oxygens (including phenoxy) is 4. The van der Waals surface area contributed by atoms with Gasteiger partial charge in [0.1, 0.15) is 0 Å². The van der Waals surface area contributed by atoms with Crippen LogP contribution in [0.15, 0.2) is 36.4 Å². The van der Waals surface area contributed by atoms with Crippen LogP contribution in [0.3, 0.4) is 0 Å². The number of piperazine rings is 1. The normalized spacial score (nSPS) is 16.9. The molecular weight excluding hydrogens is 426 g/mol. The fourth-order valence-corrected chi connectivity index (χ4v) is 4.01. The summed E-state index contributed by atoms with van der Waals surface area (Å²) in [4.78, 5) is 27.1. The highest BCUT2D eigenvalue weighted by molar-refractivity contribution is 5.80. The van der Waals surface area contributed by atoms with Gasteiger partial charge in [-0.15, -0.1) is 0 Å². The third kappa shape index (κ3) is 5.67. The molecule has 2 aliphatic rings. The summed E-state index contributed by atoms with van der Waals surface area (Å²) in [6.45, 7) is 2.36. The van der Waals surface area contributed by atoms with Gasteiger partial charge in [-0.25, -0.2) is 0 Å². The predicted molar refractivity (Wildman–Crippen MR) is 121 cm³/mol. The zero-order valence-corrected chi connectivity index (χ0v) is 18.9. The first-order chi connectivity index (χ1) is 16.1. The lowest BCUT2D eigenvalue weighted by molar-refractivity contribution is -0.132. The van der Waals surface area contributed by atoms with Crippen molar-refractivity contribution in [1.29, 1.82) is 0 Å². The minimum atomic E-state index is -0.0927. The molecule has 4 rings (SSSR count). The van der Waals surface area contributed by atoms with Gasteiger partial charge >= 0.3 is 0 Å². The summed E-state index contributed by atoms with van der Waals surface area (Å²) in [5.74, 6) is 2.59. The number of nitrogens with one attached hydrogen (secondary N) is 2. The van der Waals surface area contributed by atoms with E-state index in [1.54, 1.807) is 14.2 Å². The highest BCUT2D eigenvalue weighted by Crippen LogP contribution is 2.32. The van der Waals surface area contributed by atoms with E-state index >= 15 is 0 Å². The largest absolute Gasteiger partial charge is 0.493 e. The monoisotopic (exact) mass is 455 g/mol. The Balaban J connectivity index is 1.26. The van der Waals surface area contributed by atoms with E-state index in [1.165, 1.54) is 0 Å². The third-order valence-electron chi connectivity index (χ3n) is 5.77. The van der Waals surface area contributed by atoms with Crippen molar-refractivity contribution >= 4 is 11.8 Å². The Labute approximate surface area is 192 Å². The van der Waals surface area contributed by atoms with Gasteiger partial charge in [-0.05, 0) is 35.4 Å². The van der Waals surface area contributed by atoms with Gasteiger partial charge in [0, 0.05) is 38.6 Å². The average molecular weight is 456 g/mol. The van der Waals surface area contributed by atoms with E-state index in [4.69, 9.17) is 18.9 Å². The first-order valence-corrected chi connectivity index (χ1v) is 10.9. The maximum Gasteiger partial charge on any atom is 0.231 e. The van der Waals surface area contributed by atoms with Gasteiger partial charge in [0.25, 0.3) is 0 Å². The molecule has 0 aliphatic carbocycles. The number of carbonyl (C=O) groups excluding carboxylic acids is 2. The third-order valence-corrected chi connectivity index (χ3v) is 5.77. The summed E-state index contributed by atoms with van der Waals surface area (Å²) in [5, 5.41) is 6.27. The van der Waals surface area contributed by atoms with Crippen molar-refractivity contribution in [3.05, 3.63) is 47.5 Å². The number of amides is 2. The molecule has 2 aromatic rings. The molecule has 0 radical (unpaired) electrons. The van der Waals surface area contributed by atoms with E-state index in [-0.39, 0.29) is 31.1 Å². The zero-order valence-electron chi connectivity index (χ0n) is 18.9.